The van der Waals surface area contributed by atoms with Gasteiger partial charge in [-0.05, 0) is 35.0 Å². The zero-order valence-corrected chi connectivity index (χ0v) is 12.0. The van der Waals surface area contributed by atoms with Gasteiger partial charge in [-0.2, -0.15) is 0 Å². The van der Waals surface area contributed by atoms with Crippen molar-refractivity contribution in [1.29, 1.82) is 0 Å². The van der Waals surface area contributed by atoms with Gasteiger partial charge >= 0.3 is 0 Å². The fourth-order valence-corrected chi connectivity index (χ4v) is 2.97. The Morgan fingerprint density at radius 3 is 1.65 bits per heavy atom. The van der Waals surface area contributed by atoms with Gasteiger partial charge in [0.1, 0.15) is 11.5 Å². The summed E-state index contributed by atoms with van der Waals surface area (Å²) in [6.07, 6.45) is 0. The summed E-state index contributed by atoms with van der Waals surface area (Å²) in [5.74, 6) is 1.35. The Balaban J connectivity index is 1.79. The van der Waals surface area contributed by atoms with Gasteiger partial charge in [0, 0.05) is 6.07 Å². The molecule has 20 heavy (non-hydrogen) atoms. The molecule has 0 amide bonds. The molecular weight excluding hydrogens is 292 g/mol. The van der Waals surface area contributed by atoms with Crippen LogP contribution in [0.2, 0.25) is 0 Å². The van der Waals surface area contributed by atoms with E-state index in [-0.39, 0.29) is 0 Å². The minimum absolute atomic E-state index is 0.629. The molecule has 1 aromatic carbocycles. The Hall–Kier alpha value is -2.18. The Bertz CT molecular complexity index is 664. The highest BCUT2D eigenvalue weighted by molar-refractivity contribution is 7.12. The summed E-state index contributed by atoms with van der Waals surface area (Å²) in [4.78, 5) is 0. The molecule has 3 aromatic rings. The van der Waals surface area contributed by atoms with Gasteiger partial charge in [-0.3, -0.25) is 0 Å². The van der Waals surface area contributed by atoms with Gasteiger partial charge in [-0.15, -0.1) is 22.7 Å². The molecule has 0 radical (unpaired) electrons. The number of thiophene rings is 2. The topological polar surface area (TPSA) is 70.5 Å². The van der Waals surface area contributed by atoms with E-state index in [2.05, 4.69) is 0 Å². The molecule has 0 atom stereocenters. The van der Waals surface area contributed by atoms with Crippen LogP contribution in [0.25, 0.3) is 0 Å². The Kier molecular flexibility index (Phi) is 3.49. The first kappa shape index (κ1) is 12.8. The van der Waals surface area contributed by atoms with Crippen molar-refractivity contribution in [1.82, 2.24) is 0 Å². The van der Waals surface area contributed by atoms with Crippen LogP contribution in [0, 0.1) is 0 Å². The van der Waals surface area contributed by atoms with Crippen molar-refractivity contribution in [2.24, 2.45) is 0 Å². The molecule has 0 saturated heterocycles. The molecule has 0 unspecified atom stereocenters. The highest BCUT2D eigenvalue weighted by atomic mass is 32.1. The highest BCUT2D eigenvalue weighted by Gasteiger charge is 2.07. The van der Waals surface area contributed by atoms with Crippen molar-refractivity contribution in [3.05, 3.63) is 47.2 Å². The smallest absolute Gasteiger partial charge is 0.203 e. The number of benzene rings is 1. The first-order valence-corrected chi connectivity index (χ1v) is 7.60. The number of hydrogen-bond donors (Lipinski definition) is 2. The summed E-state index contributed by atoms with van der Waals surface area (Å²) in [5, 5.41) is 5.13. The van der Waals surface area contributed by atoms with Gasteiger partial charge < -0.3 is 20.9 Å². The van der Waals surface area contributed by atoms with Crippen LogP contribution >= 0.6 is 22.7 Å². The Morgan fingerprint density at radius 1 is 0.750 bits per heavy atom. The van der Waals surface area contributed by atoms with E-state index in [1.54, 1.807) is 6.07 Å². The van der Waals surface area contributed by atoms with E-state index >= 15 is 0 Å². The largest absolute Gasteiger partial charge is 0.444 e. The van der Waals surface area contributed by atoms with Crippen molar-refractivity contribution in [3.63, 3.8) is 0 Å². The van der Waals surface area contributed by atoms with Crippen LogP contribution in [0.3, 0.4) is 0 Å². The average Bonchev–Trinajstić information content (AvgIpc) is 3.01. The lowest BCUT2D eigenvalue weighted by Crippen LogP contribution is -1.89. The van der Waals surface area contributed by atoms with Crippen LogP contribution in [-0.2, 0) is 0 Å². The third kappa shape index (κ3) is 2.71. The van der Waals surface area contributed by atoms with Crippen LogP contribution < -0.4 is 20.9 Å². The van der Waals surface area contributed by atoms with Crippen molar-refractivity contribution < 1.29 is 9.47 Å². The molecule has 4 N–H and O–H groups in total. The molecule has 4 nitrogen and oxygen atoms in total. The summed E-state index contributed by atoms with van der Waals surface area (Å²) < 4.78 is 11.4. The Morgan fingerprint density at radius 2 is 1.25 bits per heavy atom. The molecule has 0 aliphatic carbocycles. The lowest BCUT2D eigenvalue weighted by Gasteiger charge is -2.07. The van der Waals surface area contributed by atoms with E-state index < -0.39 is 0 Å². The third-order valence-corrected chi connectivity index (χ3v) is 4.15. The number of ether oxygens (including phenoxy) is 2. The van der Waals surface area contributed by atoms with Gasteiger partial charge in [-0.1, -0.05) is 6.07 Å². The van der Waals surface area contributed by atoms with Gasteiger partial charge in [-0.25, -0.2) is 0 Å². The van der Waals surface area contributed by atoms with E-state index in [1.807, 2.05) is 41.1 Å². The number of nitrogens with two attached hydrogens (primary N) is 2. The predicted molar refractivity (Wildman–Crippen MR) is 84.1 cm³/mol. The van der Waals surface area contributed by atoms with Gasteiger partial charge in [0.25, 0.3) is 0 Å². The summed E-state index contributed by atoms with van der Waals surface area (Å²) in [6, 6.07) is 11.0. The number of hydrogen-bond acceptors (Lipinski definition) is 6. The summed E-state index contributed by atoms with van der Waals surface area (Å²) in [7, 11) is 0. The molecule has 0 saturated carbocycles. The summed E-state index contributed by atoms with van der Waals surface area (Å²) >= 11 is 2.90. The molecule has 6 heteroatoms. The quantitative estimate of drug-likeness (QED) is 0.741. The van der Waals surface area contributed by atoms with Gasteiger partial charge in [0.15, 0.2) is 0 Å². The van der Waals surface area contributed by atoms with Crippen molar-refractivity contribution >= 4 is 34.0 Å². The molecule has 2 aromatic heterocycles. The van der Waals surface area contributed by atoms with E-state index in [0.717, 1.165) is 0 Å². The Labute approximate surface area is 124 Å². The van der Waals surface area contributed by atoms with Crippen molar-refractivity contribution in [3.8, 4) is 21.6 Å². The average molecular weight is 304 g/mol. The normalized spacial score (nSPS) is 10.4. The fourth-order valence-electron chi connectivity index (χ4n) is 1.59. The molecular formula is C14H12N2O2S2. The molecule has 0 aliphatic rings. The maximum Gasteiger partial charge on any atom is 0.203 e. The van der Waals surface area contributed by atoms with Crippen LogP contribution in [0.15, 0.2) is 47.2 Å². The van der Waals surface area contributed by atoms with E-state index in [4.69, 9.17) is 20.9 Å². The zero-order valence-electron chi connectivity index (χ0n) is 10.4. The fraction of sp³-hybridized carbons (Fsp3) is 0. The van der Waals surface area contributed by atoms with E-state index in [1.165, 1.54) is 22.7 Å². The molecule has 102 valence electrons. The number of anilines is 2. The second kappa shape index (κ2) is 5.44. The minimum atomic E-state index is 0.629. The van der Waals surface area contributed by atoms with Crippen molar-refractivity contribution in [2.45, 2.75) is 0 Å². The first-order chi connectivity index (χ1) is 9.72. The van der Waals surface area contributed by atoms with Crippen LogP contribution in [0.4, 0.5) is 11.4 Å². The molecule has 0 aliphatic heterocycles. The van der Waals surface area contributed by atoms with Crippen LogP contribution in [0.5, 0.6) is 21.6 Å². The van der Waals surface area contributed by atoms with E-state index in [0.29, 0.717) is 33.0 Å². The first-order valence-electron chi connectivity index (χ1n) is 5.84. The highest BCUT2D eigenvalue weighted by Crippen LogP contribution is 2.37. The predicted octanol–water partition coefficient (Wildman–Crippen LogP) is 4.56. The molecule has 3 rings (SSSR count). The van der Waals surface area contributed by atoms with E-state index in [9.17, 15) is 0 Å². The van der Waals surface area contributed by atoms with Crippen LogP contribution in [-0.4, -0.2) is 0 Å². The second-order valence-corrected chi connectivity index (χ2v) is 5.76. The SMILES string of the molecule is Nc1ccsc1Oc1cccc(Oc2sccc2N)c1. The standard InChI is InChI=1S/C14H12N2O2S2/c15-11-4-6-19-13(11)17-9-2-1-3-10(8-9)18-14-12(16)5-7-20-14/h1-8H,15-16H2. The molecule has 2 heterocycles. The van der Waals surface area contributed by atoms with Crippen LogP contribution in [0.1, 0.15) is 0 Å². The van der Waals surface area contributed by atoms with Gasteiger partial charge in [0.2, 0.25) is 10.1 Å². The lowest BCUT2D eigenvalue weighted by molar-refractivity contribution is 0.475. The zero-order chi connectivity index (χ0) is 13.9. The minimum Gasteiger partial charge on any atom is -0.444 e. The van der Waals surface area contributed by atoms with Gasteiger partial charge in [0.05, 0.1) is 11.4 Å². The summed E-state index contributed by atoms with van der Waals surface area (Å²) in [5.41, 5.74) is 12.8. The maximum atomic E-state index is 5.80. The second-order valence-electron chi connectivity index (χ2n) is 4.01. The number of rotatable bonds is 4. The molecule has 0 bridgehead atoms. The molecule has 0 fully saturated rings. The number of nitrogen functional groups attached to an aromatic ring is 2. The summed E-state index contributed by atoms with van der Waals surface area (Å²) in [6.45, 7) is 0. The maximum absolute atomic E-state index is 5.80. The lowest BCUT2D eigenvalue weighted by atomic mass is 10.3. The third-order valence-electron chi connectivity index (χ3n) is 2.54. The van der Waals surface area contributed by atoms with Crippen molar-refractivity contribution in [2.75, 3.05) is 11.5 Å². The molecule has 0 spiro atoms. The monoisotopic (exact) mass is 304 g/mol.